The average molecular weight is 641 g/mol. The highest BCUT2D eigenvalue weighted by Crippen LogP contribution is 2.42. The van der Waals surface area contributed by atoms with Gasteiger partial charge in [0, 0.05) is 32.9 Å². The molecule has 0 unspecified atom stereocenters. The van der Waals surface area contributed by atoms with E-state index in [2.05, 4.69) is 155 Å². The molecule has 0 atom stereocenters. The molecule has 0 radical (unpaired) electrons. The van der Waals surface area contributed by atoms with Gasteiger partial charge in [0.1, 0.15) is 22.2 Å². The van der Waals surface area contributed by atoms with Crippen molar-refractivity contribution in [3.8, 4) is 33.6 Å². The molecule has 4 nitrogen and oxygen atoms in total. The van der Waals surface area contributed by atoms with Gasteiger partial charge in [0.05, 0.1) is 11.0 Å². The van der Waals surface area contributed by atoms with Crippen molar-refractivity contribution in [2.45, 2.75) is 0 Å². The van der Waals surface area contributed by atoms with Crippen LogP contribution in [0.25, 0.3) is 99.6 Å². The summed E-state index contributed by atoms with van der Waals surface area (Å²) in [5, 5.41) is 4.43. The predicted molar refractivity (Wildman–Crippen MR) is 206 cm³/mol. The summed E-state index contributed by atoms with van der Waals surface area (Å²) < 4.78 is 17.7. The fourth-order valence-corrected chi connectivity index (χ4v) is 7.84. The first-order chi connectivity index (χ1) is 24.8. The molecule has 0 saturated carbocycles. The van der Waals surface area contributed by atoms with Crippen LogP contribution in [-0.2, 0) is 0 Å². The molecule has 0 fully saturated rings. The van der Waals surface area contributed by atoms with E-state index in [9.17, 15) is 0 Å². The van der Waals surface area contributed by atoms with Crippen LogP contribution in [0.2, 0.25) is 0 Å². The van der Waals surface area contributed by atoms with Crippen molar-refractivity contribution in [3.05, 3.63) is 170 Å². The molecule has 11 aromatic rings. The highest BCUT2D eigenvalue weighted by molar-refractivity contribution is 6.18. The Bertz CT molecular complexity index is 2860. The molecule has 4 aromatic heterocycles. The van der Waals surface area contributed by atoms with Crippen LogP contribution in [0.3, 0.4) is 0 Å². The van der Waals surface area contributed by atoms with E-state index in [0.29, 0.717) is 0 Å². The molecule has 50 heavy (non-hydrogen) atoms. The van der Waals surface area contributed by atoms with E-state index in [1.807, 2.05) is 24.3 Å². The van der Waals surface area contributed by atoms with E-state index in [1.54, 1.807) is 0 Å². The van der Waals surface area contributed by atoms with E-state index >= 15 is 0 Å². The Balaban J connectivity index is 1.04. The highest BCUT2D eigenvalue weighted by Gasteiger charge is 2.21. The van der Waals surface area contributed by atoms with Crippen molar-refractivity contribution in [1.29, 1.82) is 0 Å². The number of benzene rings is 7. The van der Waals surface area contributed by atoms with E-state index in [-0.39, 0.29) is 0 Å². The van der Waals surface area contributed by atoms with Crippen molar-refractivity contribution < 1.29 is 8.83 Å². The number of furan rings is 2. The molecular weight excluding hydrogens is 613 g/mol. The van der Waals surface area contributed by atoms with Crippen LogP contribution < -0.4 is 0 Å². The van der Waals surface area contributed by atoms with Gasteiger partial charge in [-0.3, -0.25) is 0 Å². The standard InChI is InChI=1S/C46H28N2O2/c1-3-11-33(12-4-1)47-39-25-23-31(27-37(39)45-43(47)35-15-7-9-17-41(35)49-45)29-19-21-30(22-20-29)32-24-26-40-38(28-32)46-44(36-16-8-10-18-42(36)50-46)48(40)34-13-5-2-6-14-34/h1-28H. The second-order valence-corrected chi connectivity index (χ2v) is 12.9. The molecule has 7 aromatic carbocycles. The summed E-state index contributed by atoms with van der Waals surface area (Å²) in [6, 6.07) is 60.0. The number of nitrogens with zero attached hydrogens (tertiary/aromatic N) is 2. The lowest BCUT2D eigenvalue weighted by molar-refractivity contribution is 0.672. The maximum absolute atomic E-state index is 6.52. The SMILES string of the molecule is c1ccc(-n2c3ccc(-c4ccc(-c5ccc6c(c5)c5oc7ccccc7c5n6-c5ccccc5)cc4)cc3c3oc4ccccc4c32)cc1. The molecule has 4 heterocycles. The minimum Gasteiger partial charge on any atom is -0.454 e. The Kier molecular flexibility index (Phi) is 5.63. The zero-order chi connectivity index (χ0) is 32.8. The number of rotatable bonds is 4. The van der Waals surface area contributed by atoms with E-state index in [4.69, 9.17) is 8.83 Å². The topological polar surface area (TPSA) is 36.1 Å². The quantitative estimate of drug-likeness (QED) is 0.192. The highest BCUT2D eigenvalue weighted by atomic mass is 16.3. The van der Waals surface area contributed by atoms with Gasteiger partial charge in [-0.05, 0) is 95.1 Å². The second kappa shape index (κ2) is 10.4. The minimum atomic E-state index is 0.898. The summed E-state index contributed by atoms with van der Waals surface area (Å²) in [5.74, 6) is 0. The Labute approximate surface area is 286 Å². The normalized spacial score (nSPS) is 12.0. The lowest BCUT2D eigenvalue weighted by Gasteiger charge is -2.09. The fourth-order valence-electron chi connectivity index (χ4n) is 7.84. The smallest absolute Gasteiger partial charge is 0.161 e. The Hall–Kier alpha value is -6.78. The molecule has 0 amide bonds. The van der Waals surface area contributed by atoms with Crippen LogP contribution in [-0.4, -0.2) is 9.13 Å². The molecule has 0 aliphatic rings. The zero-order valence-electron chi connectivity index (χ0n) is 26.9. The van der Waals surface area contributed by atoms with Gasteiger partial charge in [0.15, 0.2) is 11.2 Å². The molecule has 234 valence electrons. The number of para-hydroxylation sites is 4. The van der Waals surface area contributed by atoms with E-state index in [0.717, 1.165) is 99.6 Å². The number of hydrogen-bond donors (Lipinski definition) is 0. The van der Waals surface area contributed by atoms with Crippen LogP contribution in [0, 0.1) is 0 Å². The lowest BCUT2D eigenvalue weighted by atomic mass is 9.99. The molecule has 0 N–H and O–H groups in total. The monoisotopic (exact) mass is 640 g/mol. The largest absolute Gasteiger partial charge is 0.454 e. The van der Waals surface area contributed by atoms with Crippen LogP contribution in [0.4, 0.5) is 0 Å². The maximum Gasteiger partial charge on any atom is 0.161 e. The van der Waals surface area contributed by atoms with E-state index in [1.165, 1.54) is 0 Å². The summed E-state index contributed by atoms with van der Waals surface area (Å²) in [5.41, 5.74) is 14.9. The number of hydrogen-bond acceptors (Lipinski definition) is 2. The molecule has 0 bridgehead atoms. The fraction of sp³-hybridized carbons (Fsp3) is 0. The van der Waals surface area contributed by atoms with Crippen LogP contribution >= 0.6 is 0 Å². The Morgan fingerprint density at radius 2 is 0.700 bits per heavy atom. The second-order valence-electron chi connectivity index (χ2n) is 12.9. The van der Waals surface area contributed by atoms with Crippen molar-refractivity contribution in [1.82, 2.24) is 9.13 Å². The predicted octanol–water partition coefficient (Wildman–Crippen LogP) is 12.7. The van der Waals surface area contributed by atoms with Crippen molar-refractivity contribution >= 4 is 65.9 Å². The van der Waals surface area contributed by atoms with Gasteiger partial charge in [-0.25, -0.2) is 0 Å². The zero-order valence-corrected chi connectivity index (χ0v) is 26.9. The van der Waals surface area contributed by atoms with Gasteiger partial charge in [-0.2, -0.15) is 0 Å². The number of aromatic nitrogens is 2. The van der Waals surface area contributed by atoms with Gasteiger partial charge in [0.2, 0.25) is 0 Å². The summed E-state index contributed by atoms with van der Waals surface area (Å²) in [7, 11) is 0. The number of fused-ring (bicyclic) bond motifs is 10. The van der Waals surface area contributed by atoms with Crippen LogP contribution in [0.1, 0.15) is 0 Å². The molecular formula is C46H28N2O2. The minimum absolute atomic E-state index is 0.898. The van der Waals surface area contributed by atoms with Crippen molar-refractivity contribution in [3.63, 3.8) is 0 Å². The third kappa shape index (κ3) is 3.87. The maximum atomic E-state index is 6.52. The van der Waals surface area contributed by atoms with Gasteiger partial charge < -0.3 is 18.0 Å². The summed E-state index contributed by atoms with van der Waals surface area (Å²) in [6.45, 7) is 0. The first-order valence-corrected chi connectivity index (χ1v) is 16.9. The first kappa shape index (κ1) is 27.2. The molecule has 0 spiro atoms. The summed E-state index contributed by atoms with van der Waals surface area (Å²) in [4.78, 5) is 0. The van der Waals surface area contributed by atoms with Gasteiger partial charge in [-0.1, -0.05) is 97.1 Å². The molecule has 4 heteroatoms. The molecule has 0 saturated heterocycles. The first-order valence-electron chi connectivity index (χ1n) is 16.9. The van der Waals surface area contributed by atoms with Crippen molar-refractivity contribution in [2.24, 2.45) is 0 Å². The summed E-state index contributed by atoms with van der Waals surface area (Å²) in [6.07, 6.45) is 0. The third-order valence-electron chi connectivity index (χ3n) is 10.1. The Morgan fingerprint density at radius 1 is 0.320 bits per heavy atom. The molecule has 11 rings (SSSR count). The van der Waals surface area contributed by atoms with Crippen molar-refractivity contribution in [2.75, 3.05) is 0 Å². The van der Waals surface area contributed by atoms with Crippen LogP contribution in [0.15, 0.2) is 179 Å². The molecule has 0 aliphatic heterocycles. The van der Waals surface area contributed by atoms with Gasteiger partial charge >= 0.3 is 0 Å². The third-order valence-corrected chi connectivity index (χ3v) is 10.1. The Morgan fingerprint density at radius 3 is 1.14 bits per heavy atom. The lowest BCUT2D eigenvalue weighted by Crippen LogP contribution is -1.93. The van der Waals surface area contributed by atoms with Gasteiger partial charge in [-0.15, -0.1) is 0 Å². The van der Waals surface area contributed by atoms with E-state index < -0.39 is 0 Å². The van der Waals surface area contributed by atoms with Crippen LogP contribution in [0.5, 0.6) is 0 Å². The molecule has 0 aliphatic carbocycles. The summed E-state index contributed by atoms with van der Waals surface area (Å²) >= 11 is 0. The van der Waals surface area contributed by atoms with Gasteiger partial charge in [0.25, 0.3) is 0 Å². The average Bonchev–Trinajstić information content (AvgIpc) is 3.92.